The summed E-state index contributed by atoms with van der Waals surface area (Å²) in [5.74, 6) is -1.62. The van der Waals surface area contributed by atoms with Crippen LogP contribution in [0.2, 0.25) is 0 Å². The molecule has 0 aromatic carbocycles. The van der Waals surface area contributed by atoms with Gasteiger partial charge in [0, 0.05) is 19.0 Å². The van der Waals surface area contributed by atoms with Gasteiger partial charge >= 0.3 is 12.0 Å². The van der Waals surface area contributed by atoms with Crippen molar-refractivity contribution in [1.29, 1.82) is 0 Å². The van der Waals surface area contributed by atoms with E-state index < -0.39 is 17.9 Å². The second-order valence-corrected chi connectivity index (χ2v) is 3.63. The first-order chi connectivity index (χ1) is 7.38. The highest BCUT2D eigenvalue weighted by Gasteiger charge is 2.17. The average Bonchev–Trinajstić information content (AvgIpc) is 2.15. The zero-order chi connectivity index (χ0) is 12.7. The van der Waals surface area contributed by atoms with E-state index in [1.165, 1.54) is 4.90 Å². The molecule has 16 heavy (non-hydrogen) atoms. The molecule has 0 spiro atoms. The first-order valence-corrected chi connectivity index (χ1v) is 5.20. The van der Waals surface area contributed by atoms with Crippen molar-refractivity contribution < 1.29 is 19.5 Å². The fourth-order valence-electron chi connectivity index (χ4n) is 1.22. The van der Waals surface area contributed by atoms with Crippen LogP contribution in [0.3, 0.4) is 0 Å². The Bertz CT molecular complexity index is 276. The van der Waals surface area contributed by atoms with Crippen molar-refractivity contribution in [2.75, 3.05) is 6.54 Å². The fraction of sp³-hybridized carbons (Fsp3) is 0.700. The van der Waals surface area contributed by atoms with Crippen molar-refractivity contribution in [1.82, 2.24) is 10.2 Å². The number of hydrogen-bond acceptors (Lipinski definition) is 3. The maximum atomic E-state index is 11.5. The Balaban J connectivity index is 4.12. The summed E-state index contributed by atoms with van der Waals surface area (Å²) in [7, 11) is 0. The third-order valence-electron chi connectivity index (χ3n) is 2.04. The topological polar surface area (TPSA) is 86.7 Å². The van der Waals surface area contributed by atoms with Crippen LogP contribution in [-0.2, 0) is 9.59 Å². The van der Waals surface area contributed by atoms with Crippen LogP contribution in [0.5, 0.6) is 0 Å². The molecule has 0 unspecified atom stereocenters. The predicted octanol–water partition coefficient (Wildman–Crippen LogP) is 0.818. The number of hydrogen-bond donors (Lipinski definition) is 2. The van der Waals surface area contributed by atoms with Gasteiger partial charge < -0.3 is 10.0 Å². The van der Waals surface area contributed by atoms with Crippen molar-refractivity contribution in [2.24, 2.45) is 0 Å². The summed E-state index contributed by atoms with van der Waals surface area (Å²) in [4.78, 5) is 34.4. The number of carboxylic acids is 1. The molecule has 0 aliphatic heterocycles. The molecule has 0 saturated heterocycles. The normalized spacial score (nSPS) is 10.0. The average molecular weight is 230 g/mol. The third-order valence-corrected chi connectivity index (χ3v) is 2.04. The highest BCUT2D eigenvalue weighted by molar-refractivity contribution is 5.95. The number of carboxylic acid groups (broad SMARTS) is 1. The number of imide groups is 1. The maximum absolute atomic E-state index is 11.5. The predicted molar refractivity (Wildman–Crippen MR) is 57.9 cm³/mol. The van der Waals surface area contributed by atoms with E-state index in [1.54, 1.807) is 6.92 Å². The Hall–Kier alpha value is -1.59. The lowest BCUT2D eigenvalue weighted by atomic mass is 10.3. The van der Waals surface area contributed by atoms with Crippen LogP contribution in [0.4, 0.5) is 4.79 Å². The summed E-state index contributed by atoms with van der Waals surface area (Å²) >= 11 is 0. The van der Waals surface area contributed by atoms with Crippen molar-refractivity contribution in [3.05, 3.63) is 0 Å². The monoisotopic (exact) mass is 230 g/mol. The van der Waals surface area contributed by atoms with Gasteiger partial charge in [0.2, 0.25) is 5.91 Å². The molecule has 0 atom stereocenters. The number of carbonyl (C=O) groups is 3. The SMILES string of the molecule is CCN(C(=O)NC(=O)CCC(=O)O)C(C)C. The molecule has 3 amide bonds. The second-order valence-electron chi connectivity index (χ2n) is 3.63. The van der Waals surface area contributed by atoms with Gasteiger partial charge in [-0.1, -0.05) is 0 Å². The van der Waals surface area contributed by atoms with Crippen LogP contribution >= 0.6 is 0 Å². The molecule has 0 bridgehead atoms. The molecule has 2 N–H and O–H groups in total. The summed E-state index contributed by atoms with van der Waals surface area (Å²) in [6.45, 7) is 5.98. The van der Waals surface area contributed by atoms with Crippen molar-refractivity contribution in [3.63, 3.8) is 0 Å². The molecule has 6 nitrogen and oxygen atoms in total. The van der Waals surface area contributed by atoms with Crippen molar-refractivity contribution in [3.8, 4) is 0 Å². The molecule has 0 fully saturated rings. The van der Waals surface area contributed by atoms with Crippen LogP contribution in [0.25, 0.3) is 0 Å². The lowest BCUT2D eigenvalue weighted by Crippen LogP contribution is -2.46. The molecular formula is C10H18N2O4. The number of amides is 3. The van der Waals surface area contributed by atoms with Gasteiger partial charge in [0.05, 0.1) is 6.42 Å². The highest BCUT2D eigenvalue weighted by Crippen LogP contribution is 1.98. The Labute approximate surface area is 94.6 Å². The standard InChI is InChI=1S/C10H18N2O4/c1-4-12(7(2)3)10(16)11-8(13)5-6-9(14)15/h7H,4-6H2,1-3H3,(H,14,15)(H,11,13,16). The second kappa shape index (κ2) is 6.81. The van der Waals surface area contributed by atoms with Gasteiger partial charge in [-0.25, -0.2) is 4.79 Å². The smallest absolute Gasteiger partial charge is 0.324 e. The molecule has 0 aromatic rings. The molecule has 0 saturated carbocycles. The van der Waals surface area contributed by atoms with Crippen molar-refractivity contribution in [2.45, 2.75) is 39.7 Å². The maximum Gasteiger partial charge on any atom is 0.324 e. The summed E-state index contributed by atoms with van der Waals surface area (Å²) < 4.78 is 0. The van der Waals surface area contributed by atoms with Gasteiger partial charge in [-0.2, -0.15) is 0 Å². The molecule has 0 rings (SSSR count). The summed E-state index contributed by atoms with van der Waals surface area (Å²) in [6.07, 6.45) is -0.455. The molecular weight excluding hydrogens is 212 g/mol. The number of aliphatic carboxylic acids is 1. The molecule has 0 heterocycles. The van der Waals surface area contributed by atoms with Gasteiger partial charge in [-0.05, 0) is 20.8 Å². The number of nitrogens with one attached hydrogen (secondary N) is 1. The van der Waals surface area contributed by atoms with E-state index in [0.29, 0.717) is 6.54 Å². The fourth-order valence-corrected chi connectivity index (χ4v) is 1.22. The molecule has 0 aliphatic carbocycles. The first kappa shape index (κ1) is 14.4. The number of urea groups is 1. The van der Waals surface area contributed by atoms with Gasteiger partial charge in [0.15, 0.2) is 0 Å². The molecule has 0 aromatic heterocycles. The Kier molecular flexibility index (Phi) is 6.14. The highest BCUT2D eigenvalue weighted by atomic mass is 16.4. The van der Waals surface area contributed by atoms with Crippen molar-refractivity contribution >= 4 is 17.9 Å². The van der Waals surface area contributed by atoms with Gasteiger partial charge in [-0.3, -0.25) is 14.9 Å². The third kappa shape index (κ3) is 5.33. The van der Waals surface area contributed by atoms with E-state index in [9.17, 15) is 14.4 Å². The first-order valence-electron chi connectivity index (χ1n) is 5.20. The van der Waals surface area contributed by atoms with E-state index >= 15 is 0 Å². The summed E-state index contributed by atoms with van der Waals surface area (Å²) in [6, 6.07) is -0.481. The quantitative estimate of drug-likeness (QED) is 0.732. The Morgan fingerprint density at radius 2 is 1.81 bits per heavy atom. The minimum Gasteiger partial charge on any atom is -0.481 e. The van der Waals surface area contributed by atoms with E-state index in [0.717, 1.165) is 0 Å². The molecule has 6 heteroatoms. The van der Waals surface area contributed by atoms with E-state index in [-0.39, 0.29) is 18.9 Å². The number of carbonyl (C=O) groups excluding carboxylic acids is 2. The molecule has 92 valence electrons. The van der Waals surface area contributed by atoms with Crippen LogP contribution in [0, 0.1) is 0 Å². The van der Waals surface area contributed by atoms with Crippen LogP contribution in [0.1, 0.15) is 33.6 Å². The van der Waals surface area contributed by atoms with Crippen LogP contribution < -0.4 is 5.32 Å². The summed E-state index contributed by atoms with van der Waals surface area (Å²) in [5.41, 5.74) is 0. The van der Waals surface area contributed by atoms with Gasteiger partial charge in [-0.15, -0.1) is 0 Å². The van der Waals surface area contributed by atoms with Gasteiger partial charge in [0.25, 0.3) is 0 Å². The van der Waals surface area contributed by atoms with Crippen LogP contribution in [0.15, 0.2) is 0 Å². The lowest BCUT2D eigenvalue weighted by molar-refractivity contribution is -0.138. The Morgan fingerprint density at radius 1 is 1.25 bits per heavy atom. The van der Waals surface area contributed by atoms with E-state index in [4.69, 9.17) is 5.11 Å². The van der Waals surface area contributed by atoms with Crippen LogP contribution in [-0.4, -0.2) is 40.5 Å². The Morgan fingerprint density at radius 3 is 2.19 bits per heavy atom. The minimum atomic E-state index is -1.06. The lowest BCUT2D eigenvalue weighted by Gasteiger charge is -2.24. The van der Waals surface area contributed by atoms with E-state index in [2.05, 4.69) is 5.32 Å². The minimum absolute atomic E-state index is 0.00252. The molecule has 0 radical (unpaired) electrons. The largest absolute Gasteiger partial charge is 0.481 e. The van der Waals surface area contributed by atoms with E-state index in [1.807, 2.05) is 13.8 Å². The molecule has 0 aliphatic rings. The zero-order valence-electron chi connectivity index (χ0n) is 9.82. The number of nitrogens with zero attached hydrogens (tertiary/aromatic N) is 1. The van der Waals surface area contributed by atoms with Gasteiger partial charge in [0.1, 0.15) is 0 Å². The summed E-state index contributed by atoms with van der Waals surface area (Å²) in [5, 5.41) is 10.5. The number of rotatable bonds is 5. The zero-order valence-corrected chi connectivity index (χ0v) is 9.82.